The standard InChI is InChI=1S/C21H22N2O4/c1-14-19(15(2)27-23-14)13-26-18-9-6-8-16(11-18)21(24)22-12-17-7-4-5-10-20(17)25-3/h4-11H,12-13H2,1-3H3,(H,22,24). The van der Waals surface area contributed by atoms with E-state index < -0.39 is 0 Å². The monoisotopic (exact) mass is 366 g/mol. The summed E-state index contributed by atoms with van der Waals surface area (Å²) in [5.74, 6) is 1.91. The third-order valence-corrected chi connectivity index (χ3v) is 4.29. The summed E-state index contributed by atoms with van der Waals surface area (Å²) in [6.45, 7) is 4.44. The van der Waals surface area contributed by atoms with Crippen molar-refractivity contribution in [1.29, 1.82) is 0 Å². The van der Waals surface area contributed by atoms with E-state index in [1.54, 1.807) is 25.3 Å². The van der Waals surface area contributed by atoms with Crippen molar-refractivity contribution in [3.05, 3.63) is 76.7 Å². The Labute approximate surface area is 158 Å². The molecule has 2 aromatic carbocycles. The van der Waals surface area contributed by atoms with Gasteiger partial charge in [0.1, 0.15) is 23.9 Å². The molecule has 0 bridgehead atoms. The van der Waals surface area contributed by atoms with Gasteiger partial charge in [-0.1, -0.05) is 29.4 Å². The van der Waals surface area contributed by atoms with E-state index in [1.807, 2.05) is 44.2 Å². The highest BCUT2D eigenvalue weighted by molar-refractivity contribution is 5.94. The van der Waals surface area contributed by atoms with Gasteiger partial charge in [-0.05, 0) is 38.1 Å². The largest absolute Gasteiger partial charge is 0.496 e. The van der Waals surface area contributed by atoms with E-state index in [4.69, 9.17) is 14.0 Å². The highest BCUT2D eigenvalue weighted by atomic mass is 16.5. The molecule has 140 valence electrons. The van der Waals surface area contributed by atoms with Gasteiger partial charge in [-0.25, -0.2) is 0 Å². The third kappa shape index (κ3) is 4.47. The first kappa shape index (κ1) is 18.5. The zero-order chi connectivity index (χ0) is 19.2. The van der Waals surface area contributed by atoms with Gasteiger partial charge in [0.25, 0.3) is 5.91 Å². The average molecular weight is 366 g/mol. The fourth-order valence-corrected chi connectivity index (χ4v) is 2.72. The van der Waals surface area contributed by atoms with Crippen molar-refractivity contribution in [3.63, 3.8) is 0 Å². The second kappa shape index (κ2) is 8.40. The number of amides is 1. The molecule has 1 amide bonds. The zero-order valence-corrected chi connectivity index (χ0v) is 15.6. The topological polar surface area (TPSA) is 73.6 Å². The molecule has 1 N–H and O–H groups in total. The number of benzene rings is 2. The van der Waals surface area contributed by atoms with E-state index in [1.165, 1.54) is 0 Å². The summed E-state index contributed by atoms with van der Waals surface area (Å²) in [6.07, 6.45) is 0. The maximum atomic E-state index is 12.5. The summed E-state index contributed by atoms with van der Waals surface area (Å²) in [4.78, 5) is 12.5. The van der Waals surface area contributed by atoms with E-state index in [0.717, 1.165) is 28.3 Å². The molecular formula is C21H22N2O4. The number of ether oxygens (including phenoxy) is 2. The number of carbonyl (C=O) groups excluding carboxylic acids is 1. The Morgan fingerprint density at radius 2 is 1.96 bits per heavy atom. The van der Waals surface area contributed by atoms with Crippen LogP contribution in [0.2, 0.25) is 0 Å². The molecule has 1 heterocycles. The Bertz CT molecular complexity index is 914. The van der Waals surface area contributed by atoms with Crippen LogP contribution in [-0.4, -0.2) is 18.2 Å². The van der Waals surface area contributed by atoms with Crippen LogP contribution in [0.4, 0.5) is 0 Å². The Morgan fingerprint density at radius 3 is 2.70 bits per heavy atom. The number of hydrogen-bond donors (Lipinski definition) is 1. The molecule has 3 aromatic rings. The zero-order valence-electron chi connectivity index (χ0n) is 15.6. The van der Waals surface area contributed by atoms with Crippen LogP contribution in [0.5, 0.6) is 11.5 Å². The first-order chi connectivity index (χ1) is 13.1. The van der Waals surface area contributed by atoms with Crippen molar-refractivity contribution in [2.24, 2.45) is 0 Å². The van der Waals surface area contributed by atoms with E-state index in [9.17, 15) is 4.79 Å². The molecule has 0 fully saturated rings. The van der Waals surface area contributed by atoms with Crippen molar-refractivity contribution >= 4 is 5.91 Å². The van der Waals surface area contributed by atoms with E-state index in [0.29, 0.717) is 24.5 Å². The fourth-order valence-electron chi connectivity index (χ4n) is 2.72. The summed E-state index contributed by atoms with van der Waals surface area (Å²) in [6, 6.07) is 14.7. The molecule has 0 unspecified atom stereocenters. The van der Waals surface area contributed by atoms with Gasteiger partial charge >= 0.3 is 0 Å². The number of para-hydroxylation sites is 1. The number of aromatic nitrogens is 1. The Morgan fingerprint density at radius 1 is 1.15 bits per heavy atom. The fraction of sp³-hybridized carbons (Fsp3) is 0.238. The number of methoxy groups -OCH3 is 1. The predicted molar refractivity (Wildman–Crippen MR) is 101 cm³/mol. The highest BCUT2D eigenvalue weighted by Gasteiger charge is 2.11. The summed E-state index contributed by atoms with van der Waals surface area (Å²) in [5.41, 5.74) is 3.17. The lowest BCUT2D eigenvalue weighted by Gasteiger charge is -2.11. The smallest absolute Gasteiger partial charge is 0.251 e. The van der Waals surface area contributed by atoms with Crippen LogP contribution >= 0.6 is 0 Å². The highest BCUT2D eigenvalue weighted by Crippen LogP contribution is 2.19. The minimum Gasteiger partial charge on any atom is -0.496 e. The van der Waals surface area contributed by atoms with Crippen LogP contribution < -0.4 is 14.8 Å². The number of nitrogens with one attached hydrogen (secondary N) is 1. The lowest BCUT2D eigenvalue weighted by molar-refractivity contribution is 0.0950. The van der Waals surface area contributed by atoms with Gasteiger partial charge in [0, 0.05) is 17.7 Å². The van der Waals surface area contributed by atoms with Gasteiger partial charge in [-0.3, -0.25) is 4.79 Å². The van der Waals surface area contributed by atoms with Crippen molar-refractivity contribution in [1.82, 2.24) is 10.5 Å². The number of rotatable bonds is 7. The lowest BCUT2D eigenvalue weighted by Crippen LogP contribution is -2.23. The van der Waals surface area contributed by atoms with Crippen LogP contribution in [-0.2, 0) is 13.2 Å². The van der Waals surface area contributed by atoms with E-state index >= 15 is 0 Å². The molecule has 0 aliphatic heterocycles. The van der Waals surface area contributed by atoms with Crippen LogP contribution in [0.15, 0.2) is 53.1 Å². The van der Waals surface area contributed by atoms with Crippen molar-refractivity contribution in [3.8, 4) is 11.5 Å². The van der Waals surface area contributed by atoms with Crippen LogP contribution in [0, 0.1) is 13.8 Å². The predicted octanol–water partition coefficient (Wildman–Crippen LogP) is 3.81. The van der Waals surface area contributed by atoms with E-state index in [-0.39, 0.29) is 5.91 Å². The van der Waals surface area contributed by atoms with Gasteiger partial charge in [0.05, 0.1) is 18.4 Å². The minimum atomic E-state index is -0.177. The number of aryl methyl sites for hydroxylation is 2. The second-order valence-corrected chi connectivity index (χ2v) is 6.11. The normalized spacial score (nSPS) is 10.5. The van der Waals surface area contributed by atoms with Gasteiger partial charge in [0.2, 0.25) is 0 Å². The van der Waals surface area contributed by atoms with Crippen molar-refractivity contribution in [2.45, 2.75) is 27.0 Å². The van der Waals surface area contributed by atoms with Gasteiger partial charge in [0.15, 0.2) is 0 Å². The molecule has 0 radical (unpaired) electrons. The third-order valence-electron chi connectivity index (χ3n) is 4.29. The molecule has 0 atom stereocenters. The lowest BCUT2D eigenvalue weighted by atomic mass is 10.1. The minimum absolute atomic E-state index is 0.177. The number of carbonyl (C=O) groups is 1. The molecule has 27 heavy (non-hydrogen) atoms. The summed E-state index contributed by atoms with van der Waals surface area (Å²) >= 11 is 0. The maximum Gasteiger partial charge on any atom is 0.251 e. The molecule has 6 heteroatoms. The van der Waals surface area contributed by atoms with Crippen LogP contribution in [0.1, 0.15) is 32.9 Å². The summed E-state index contributed by atoms with van der Waals surface area (Å²) in [7, 11) is 1.61. The van der Waals surface area contributed by atoms with Crippen LogP contribution in [0.3, 0.4) is 0 Å². The van der Waals surface area contributed by atoms with Gasteiger partial charge in [-0.2, -0.15) is 0 Å². The second-order valence-electron chi connectivity index (χ2n) is 6.11. The number of hydrogen-bond acceptors (Lipinski definition) is 5. The van der Waals surface area contributed by atoms with Crippen molar-refractivity contribution < 1.29 is 18.8 Å². The molecule has 0 aliphatic rings. The Kier molecular flexibility index (Phi) is 5.76. The van der Waals surface area contributed by atoms with Crippen molar-refractivity contribution in [2.75, 3.05) is 7.11 Å². The maximum absolute atomic E-state index is 12.5. The summed E-state index contributed by atoms with van der Waals surface area (Å²) in [5, 5.41) is 6.82. The molecule has 0 aliphatic carbocycles. The quantitative estimate of drug-likeness (QED) is 0.688. The molecule has 0 spiro atoms. The first-order valence-corrected chi connectivity index (χ1v) is 8.63. The Hall–Kier alpha value is -3.28. The van der Waals surface area contributed by atoms with Gasteiger partial charge in [-0.15, -0.1) is 0 Å². The molecule has 3 rings (SSSR count). The van der Waals surface area contributed by atoms with Gasteiger partial charge < -0.3 is 19.3 Å². The number of nitrogens with zero attached hydrogens (tertiary/aromatic N) is 1. The molecule has 1 aromatic heterocycles. The molecular weight excluding hydrogens is 344 g/mol. The van der Waals surface area contributed by atoms with E-state index in [2.05, 4.69) is 10.5 Å². The molecule has 6 nitrogen and oxygen atoms in total. The summed E-state index contributed by atoms with van der Waals surface area (Å²) < 4.78 is 16.2. The molecule has 0 saturated carbocycles. The first-order valence-electron chi connectivity index (χ1n) is 8.63. The van der Waals surface area contributed by atoms with Crippen LogP contribution in [0.25, 0.3) is 0 Å². The SMILES string of the molecule is COc1ccccc1CNC(=O)c1cccc(OCc2c(C)noc2C)c1. The average Bonchev–Trinajstić information content (AvgIpc) is 3.02. The Balaban J connectivity index is 1.63. The molecule has 0 saturated heterocycles.